The van der Waals surface area contributed by atoms with Crippen molar-refractivity contribution in [1.29, 1.82) is 0 Å². The molecule has 0 amide bonds. The molecule has 0 aromatic carbocycles. The van der Waals surface area contributed by atoms with Crippen LogP contribution >= 0.6 is 11.8 Å². The first-order valence-corrected chi connectivity index (χ1v) is 4.24. The van der Waals surface area contributed by atoms with E-state index in [1.54, 1.807) is 13.8 Å². The van der Waals surface area contributed by atoms with E-state index in [4.69, 9.17) is 0 Å². The highest BCUT2D eigenvalue weighted by atomic mass is 32.2. The molecule has 10 heavy (non-hydrogen) atoms. The van der Waals surface area contributed by atoms with Crippen molar-refractivity contribution in [2.24, 2.45) is 0 Å². The topological polar surface area (TPSA) is 34.1 Å². The Bertz CT molecular complexity index is 116. The Morgan fingerprint density at radius 2 is 1.90 bits per heavy atom. The van der Waals surface area contributed by atoms with Crippen molar-refractivity contribution in [3.63, 3.8) is 0 Å². The van der Waals surface area contributed by atoms with Crippen molar-refractivity contribution in [1.82, 2.24) is 0 Å². The quantitative estimate of drug-likeness (QED) is 0.586. The summed E-state index contributed by atoms with van der Waals surface area (Å²) in [5.74, 6) is 0.971. The van der Waals surface area contributed by atoms with Crippen LogP contribution in [0.5, 0.6) is 0 Å². The van der Waals surface area contributed by atoms with Crippen LogP contribution in [0.4, 0.5) is 0 Å². The van der Waals surface area contributed by atoms with Gasteiger partial charge in [-0.25, -0.2) is 0 Å². The van der Waals surface area contributed by atoms with Crippen LogP contribution in [0, 0.1) is 0 Å². The van der Waals surface area contributed by atoms with Crippen LogP contribution in [0.25, 0.3) is 0 Å². The van der Waals surface area contributed by atoms with E-state index in [1.165, 1.54) is 11.8 Å². The predicted molar refractivity (Wildman–Crippen MR) is 43.1 cm³/mol. The zero-order chi connectivity index (χ0) is 7.98. The van der Waals surface area contributed by atoms with E-state index in [9.17, 15) is 9.59 Å². The fraction of sp³-hybridized carbons (Fsp3) is 0.714. The monoisotopic (exact) mass is 160 g/mol. The second-order valence-electron chi connectivity index (χ2n) is 2.15. The van der Waals surface area contributed by atoms with Crippen molar-refractivity contribution in [3.05, 3.63) is 0 Å². The molecule has 0 N–H and O–H groups in total. The van der Waals surface area contributed by atoms with Gasteiger partial charge in [-0.2, -0.15) is 0 Å². The second kappa shape index (κ2) is 5.47. The van der Waals surface area contributed by atoms with Crippen LogP contribution in [0.1, 0.15) is 26.7 Å². The van der Waals surface area contributed by atoms with Gasteiger partial charge in [0.2, 0.25) is 0 Å². The minimum absolute atomic E-state index is 0.128. The fourth-order valence-electron chi connectivity index (χ4n) is 0.537. The molecule has 3 heteroatoms. The summed E-state index contributed by atoms with van der Waals surface area (Å²) < 4.78 is 0. The van der Waals surface area contributed by atoms with Gasteiger partial charge in [-0.1, -0.05) is 11.8 Å². The minimum atomic E-state index is 0.128. The number of carbonyl (C=O) groups excluding carboxylic acids is 2. The van der Waals surface area contributed by atoms with Gasteiger partial charge in [0, 0.05) is 19.1 Å². The van der Waals surface area contributed by atoms with E-state index in [-0.39, 0.29) is 10.9 Å². The molecule has 0 aliphatic carbocycles. The molecule has 0 saturated heterocycles. The summed E-state index contributed by atoms with van der Waals surface area (Å²) in [6.07, 6.45) is 1.42. The van der Waals surface area contributed by atoms with E-state index in [0.29, 0.717) is 6.42 Å². The Hall–Kier alpha value is -0.310. The Morgan fingerprint density at radius 1 is 1.30 bits per heavy atom. The molecule has 0 radical (unpaired) electrons. The molecule has 0 fully saturated rings. The summed E-state index contributed by atoms with van der Waals surface area (Å²) >= 11 is 1.28. The van der Waals surface area contributed by atoms with Gasteiger partial charge in [0.15, 0.2) is 5.12 Å². The molecule has 0 aliphatic rings. The molecule has 0 saturated carbocycles. The summed E-state index contributed by atoms with van der Waals surface area (Å²) in [5.41, 5.74) is 0. The highest BCUT2D eigenvalue weighted by molar-refractivity contribution is 8.13. The second-order valence-corrected chi connectivity index (χ2v) is 3.42. The summed E-state index contributed by atoms with van der Waals surface area (Å²) in [6, 6.07) is 0. The third-order valence-electron chi connectivity index (χ3n) is 0.979. The number of hydrogen-bond donors (Lipinski definition) is 0. The normalized spacial score (nSPS) is 9.40. The van der Waals surface area contributed by atoms with Crippen LogP contribution in [0.3, 0.4) is 0 Å². The van der Waals surface area contributed by atoms with Gasteiger partial charge < -0.3 is 4.79 Å². The lowest BCUT2D eigenvalue weighted by Gasteiger charge is -1.93. The van der Waals surface area contributed by atoms with Gasteiger partial charge in [0.1, 0.15) is 5.78 Å². The number of ketones is 1. The lowest BCUT2D eigenvalue weighted by Crippen LogP contribution is -1.92. The molecular formula is C7H12O2S. The number of Topliss-reactive ketones (excluding diaryl/α,β-unsaturated/α-hetero) is 1. The lowest BCUT2D eigenvalue weighted by atomic mass is 10.3. The number of carbonyl (C=O) groups is 2. The SMILES string of the molecule is CC(=O)CCCSC(C)=O. The van der Waals surface area contributed by atoms with Crippen LogP contribution in [-0.4, -0.2) is 16.7 Å². The van der Waals surface area contributed by atoms with Crippen molar-refractivity contribution in [2.45, 2.75) is 26.7 Å². The molecule has 0 unspecified atom stereocenters. The smallest absolute Gasteiger partial charge is 0.185 e. The van der Waals surface area contributed by atoms with E-state index in [1.807, 2.05) is 0 Å². The van der Waals surface area contributed by atoms with Crippen molar-refractivity contribution in [2.75, 3.05) is 5.75 Å². The molecule has 0 aromatic rings. The molecule has 0 rings (SSSR count). The fourth-order valence-corrected chi connectivity index (χ4v) is 1.11. The Labute approximate surface area is 65.4 Å². The van der Waals surface area contributed by atoms with Crippen LogP contribution in [-0.2, 0) is 9.59 Å². The Kier molecular flexibility index (Phi) is 5.30. The van der Waals surface area contributed by atoms with Gasteiger partial charge in [0.05, 0.1) is 0 Å². The molecule has 0 aromatic heterocycles. The maximum Gasteiger partial charge on any atom is 0.185 e. The largest absolute Gasteiger partial charge is 0.300 e. The van der Waals surface area contributed by atoms with Crippen LogP contribution in [0.2, 0.25) is 0 Å². The summed E-state index contributed by atoms with van der Waals surface area (Å²) in [6.45, 7) is 3.11. The summed E-state index contributed by atoms with van der Waals surface area (Å²) in [5, 5.41) is 0.128. The van der Waals surface area contributed by atoms with E-state index in [2.05, 4.69) is 0 Å². The predicted octanol–water partition coefficient (Wildman–Crippen LogP) is 1.64. The average molecular weight is 160 g/mol. The number of hydrogen-bond acceptors (Lipinski definition) is 3. The molecule has 0 bridgehead atoms. The van der Waals surface area contributed by atoms with Gasteiger partial charge in [-0.3, -0.25) is 4.79 Å². The van der Waals surface area contributed by atoms with Gasteiger partial charge in [-0.05, 0) is 13.3 Å². The summed E-state index contributed by atoms with van der Waals surface area (Å²) in [4.78, 5) is 20.8. The highest BCUT2D eigenvalue weighted by Gasteiger charge is 1.95. The first kappa shape index (κ1) is 9.69. The molecule has 0 heterocycles. The Balaban J connectivity index is 3.06. The van der Waals surface area contributed by atoms with Gasteiger partial charge in [0.25, 0.3) is 0 Å². The zero-order valence-corrected chi connectivity index (χ0v) is 7.16. The maximum absolute atomic E-state index is 10.4. The molecule has 0 aliphatic heterocycles. The van der Waals surface area contributed by atoms with Gasteiger partial charge >= 0.3 is 0 Å². The third-order valence-corrected chi connectivity index (χ3v) is 1.88. The summed E-state index contributed by atoms with van der Waals surface area (Å²) in [7, 11) is 0. The highest BCUT2D eigenvalue weighted by Crippen LogP contribution is 2.04. The molecule has 58 valence electrons. The van der Waals surface area contributed by atoms with Crippen LogP contribution < -0.4 is 0 Å². The third kappa shape index (κ3) is 7.69. The van der Waals surface area contributed by atoms with E-state index < -0.39 is 0 Å². The molecule has 2 nitrogen and oxygen atoms in total. The van der Waals surface area contributed by atoms with Crippen molar-refractivity contribution >= 4 is 22.7 Å². The standard InChI is InChI=1S/C7H12O2S/c1-6(8)4-3-5-10-7(2)9/h3-5H2,1-2H3. The molecule has 0 spiro atoms. The van der Waals surface area contributed by atoms with Crippen molar-refractivity contribution < 1.29 is 9.59 Å². The van der Waals surface area contributed by atoms with Gasteiger partial charge in [-0.15, -0.1) is 0 Å². The molecule has 0 atom stereocenters. The maximum atomic E-state index is 10.4. The number of thioether (sulfide) groups is 1. The van der Waals surface area contributed by atoms with Crippen molar-refractivity contribution in [3.8, 4) is 0 Å². The zero-order valence-electron chi connectivity index (χ0n) is 6.35. The number of rotatable bonds is 4. The van der Waals surface area contributed by atoms with Crippen LogP contribution in [0.15, 0.2) is 0 Å². The first-order chi connectivity index (χ1) is 4.63. The lowest BCUT2D eigenvalue weighted by molar-refractivity contribution is -0.117. The van der Waals surface area contributed by atoms with E-state index >= 15 is 0 Å². The van der Waals surface area contributed by atoms with E-state index in [0.717, 1.165) is 12.2 Å². The first-order valence-electron chi connectivity index (χ1n) is 3.25. The average Bonchev–Trinajstić information content (AvgIpc) is 1.79. The molecular weight excluding hydrogens is 148 g/mol. The minimum Gasteiger partial charge on any atom is -0.300 e. The Morgan fingerprint density at radius 3 is 2.30 bits per heavy atom.